The molecular formula is C13H14FN3O2S. The molecular weight excluding hydrogens is 281 g/mol. The summed E-state index contributed by atoms with van der Waals surface area (Å²) in [6.07, 6.45) is 3.23. The van der Waals surface area contributed by atoms with Crippen molar-refractivity contribution >= 4 is 15.7 Å². The van der Waals surface area contributed by atoms with Gasteiger partial charge in [0.15, 0.2) is 0 Å². The highest BCUT2D eigenvalue weighted by Crippen LogP contribution is 2.16. The summed E-state index contributed by atoms with van der Waals surface area (Å²) in [4.78, 5) is 3.77. The molecule has 7 heteroatoms. The van der Waals surface area contributed by atoms with E-state index in [4.69, 9.17) is 5.73 Å². The Balaban J connectivity index is 2.19. The average Bonchev–Trinajstić information content (AvgIpc) is 2.41. The van der Waals surface area contributed by atoms with E-state index in [9.17, 15) is 12.8 Å². The fraction of sp³-hybridized carbons (Fsp3) is 0.154. The molecule has 0 radical (unpaired) electrons. The third kappa shape index (κ3) is 3.12. The van der Waals surface area contributed by atoms with Crippen molar-refractivity contribution < 1.29 is 12.8 Å². The molecule has 2 aromatic rings. The molecule has 0 atom stereocenters. The van der Waals surface area contributed by atoms with Crippen LogP contribution in [0.25, 0.3) is 0 Å². The van der Waals surface area contributed by atoms with Gasteiger partial charge in [-0.3, -0.25) is 4.98 Å². The lowest BCUT2D eigenvalue weighted by molar-refractivity contribution is 0.577. The van der Waals surface area contributed by atoms with Crippen LogP contribution in [0.1, 0.15) is 11.1 Å². The smallest absolute Gasteiger partial charge is 0.240 e. The fourth-order valence-electron chi connectivity index (χ4n) is 1.63. The monoisotopic (exact) mass is 295 g/mol. The number of nitrogen functional groups attached to an aromatic ring is 1. The van der Waals surface area contributed by atoms with Crippen molar-refractivity contribution in [3.63, 3.8) is 0 Å². The van der Waals surface area contributed by atoms with Gasteiger partial charge in [-0.05, 0) is 42.3 Å². The number of rotatable bonds is 4. The van der Waals surface area contributed by atoms with Gasteiger partial charge in [0, 0.05) is 18.9 Å². The van der Waals surface area contributed by atoms with Crippen molar-refractivity contribution in [2.45, 2.75) is 18.4 Å². The van der Waals surface area contributed by atoms with Gasteiger partial charge in [-0.25, -0.2) is 17.5 Å². The number of pyridine rings is 1. The largest absolute Gasteiger partial charge is 0.396 e. The van der Waals surface area contributed by atoms with Crippen molar-refractivity contribution in [1.29, 1.82) is 0 Å². The lowest BCUT2D eigenvalue weighted by Gasteiger charge is -2.09. The number of sulfonamides is 1. The summed E-state index contributed by atoms with van der Waals surface area (Å²) >= 11 is 0. The van der Waals surface area contributed by atoms with E-state index in [2.05, 4.69) is 9.71 Å². The molecule has 0 saturated heterocycles. The van der Waals surface area contributed by atoms with Crippen LogP contribution >= 0.6 is 0 Å². The Morgan fingerprint density at radius 2 is 2.10 bits per heavy atom. The van der Waals surface area contributed by atoms with Gasteiger partial charge in [-0.1, -0.05) is 0 Å². The number of hydrogen-bond donors (Lipinski definition) is 2. The Morgan fingerprint density at radius 1 is 1.35 bits per heavy atom. The van der Waals surface area contributed by atoms with E-state index < -0.39 is 15.8 Å². The van der Waals surface area contributed by atoms with E-state index in [-0.39, 0.29) is 17.1 Å². The molecule has 1 aromatic carbocycles. The fourth-order valence-corrected chi connectivity index (χ4v) is 2.65. The minimum atomic E-state index is -3.78. The molecule has 0 unspecified atom stereocenters. The summed E-state index contributed by atoms with van der Waals surface area (Å²) in [7, 11) is -3.78. The second kappa shape index (κ2) is 5.56. The Kier molecular flexibility index (Phi) is 4.01. The minimum Gasteiger partial charge on any atom is -0.396 e. The number of hydrogen-bond acceptors (Lipinski definition) is 4. The van der Waals surface area contributed by atoms with Gasteiger partial charge in [-0.2, -0.15) is 0 Å². The molecule has 1 aromatic heterocycles. The summed E-state index contributed by atoms with van der Waals surface area (Å²) in [5, 5.41) is 0. The Labute approximate surface area is 116 Å². The first-order chi connectivity index (χ1) is 9.40. The summed E-state index contributed by atoms with van der Waals surface area (Å²) in [6.45, 7) is 1.95. The molecule has 5 nitrogen and oxygen atoms in total. The highest BCUT2D eigenvalue weighted by atomic mass is 32.2. The van der Waals surface area contributed by atoms with Crippen molar-refractivity contribution in [1.82, 2.24) is 9.71 Å². The number of aryl methyl sites for hydroxylation is 1. The van der Waals surface area contributed by atoms with Crippen molar-refractivity contribution in [3.8, 4) is 0 Å². The quantitative estimate of drug-likeness (QED) is 0.839. The number of nitrogens with two attached hydrogens (primary N) is 1. The van der Waals surface area contributed by atoms with Gasteiger partial charge < -0.3 is 5.73 Å². The maximum absolute atomic E-state index is 13.3. The molecule has 0 aliphatic carbocycles. The van der Waals surface area contributed by atoms with Crippen LogP contribution in [0.3, 0.4) is 0 Å². The van der Waals surface area contributed by atoms with Gasteiger partial charge in [0.05, 0.1) is 10.6 Å². The molecule has 0 spiro atoms. The summed E-state index contributed by atoms with van der Waals surface area (Å²) in [6, 6.07) is 5.11. The van der Waals surface area contributed by atoms with Crippen LogP contribution in [0.2, 0.25) is 0 Å². The number of halogens is 1. The van der Waals surface area contributed by atoms with Crippen LogP contribution in [-0.2, 0) is 16.6 Å². The molecule has 0 aliphatic heterocycles. The van der Waals surface area contributed by atoms with Crippen LogP contribution in [0, 0.1) is 12.7 Å². The summed E-state index contributed by atoms with van der Waals surface area (Å²) < 4.78 is 39.8. The van der Waals surface area contributed by atoms with Crippen LogP contribution in [0.5, 0.6) is 0 Å². The highest BCUT2D eigenvalue weighted by Gasteiger charge is 2.15. The molecule has 3 N–H and O–H groups in total. The molecule has 0 amide bonds. The maximum Gasteiger partial charge on any atom is 0.240 e. The summed E-state index contributed by atoms with van der Waals surface area (Å²) in [5.74, 6) is -0.757. The molecule has 20 heavy (non-hydrogen) atoms. The predicted molar refractivity (Wildman–Crippen MR) is 73.8 cm³/mol. The van der Waals surface area contributed by atoms with Crippen LogP contribution in [0.4, 0.5) is 10.1 Å². The minimum absolute atomic E-state index is 0.0890. The zero-order valence-electron chi connectivity index (χ0n) is 10.8. The first-order valence-electron chi connectivity index (χ1n) is 5.84. The predicted octanol–water partition coefficient (Wildman–Crippen LogP) is 1.59. The van der Waals surface area contributed by atoms with E-state index in [1.165, 1.54) is 12.1 Å². The third-order valence-corrected chi connectivity index (χ3v) is 4.27. The van der Waals surface area contributed by atoms with Crippen molar-refractivity contribution in [2.75, 3.05) is 5.73 Å². The van der Waals surface area contributed by atoms with E-state index in [1.54, 1.807) is 18.5 Å². The van der Waals surface area contributed by atoms with E-state index in [1.807, 2.05) is 6.92 Å². The number of aromatic nitrogens is 1. The third-order valence-electron chi connectivity index (χ3n) is 2.87. The molecule has 0 fully saturated rings. The van der Waals surface area contributed by atoms with Crippen LogP contribution in [0.15, 0.2) is 41.6 Å². The standard InChI is InChI=1S/C13H14FN3O2S/c1-9-7-16-5-4-10(9)8-17-20(18,19)11-2-3-13(15)12(14)6-11/h2-7,17H,8,15H2,1H3. The number of anilines is 1. The Bertz CT molecular complexity index is 732. The normalized spacial score (nSPS) is 11.5. The number of nitrogens with one attached hydrogen (secondary N) is 1. The SMILES string of the molecule is Cc1cnccc1CNS(=O)(=O)c1ccc(N)c(F)c1. The molecule has 1 heterocycles. The lowest BCUT2D eigenvalue weighted by atomic mass is 10.2. The zero-order chi connectivity index (χ0) is 14.8. The first-order valence-corrected chi connectivity index (χ1v) is 7.32. The molecule has 106 valence electrons. The Hall–Kier alpha value is -1.99. The Morgan fingerprint density at radius 3 is 2.75 bits per heavy atom. The molecule has 2 rings (SSSR count). The van der Waals surface area contributed by atoms with Gasteiger partial charge in [0.1, 0.15) is 5.82 Å². The van der Waals surface area contributed by atoms with Crippen LogP contribution < -0.4 is 10.5 Å². The molecule has 0 aliphatic rings. The summed E-state index contributed by atoms with van der Waals surface area (Å²) in [5.41, 5.74) is 6.91. The second-order valence-corrected chi connectivity index (χ2v) is 6.08. The van der Waals surface area contributed by atoms with Gasteiger partial charge in [0.2, 0.25) is 10.0 Å². The lowest BCUT2D eigenvalue weighted by Crippen LogP contribution is -2.23. The van der Waals surface area contributed by atoms with Crippen molar-refractivity contribution in [3.05, 3.63) is 53.6 Å². The topological polar surface area (TPSA) is 85.1 Å². The molecule has 0 bridgehead atoms. The average molecular weight is 295 g/mol. The second-order valence-electron chi connectivity index (χ2n) is 4.31. The van der Waals surface area contributed by atoms with E-state index >= 15 is 0 Å². The van der Waals surface area contributed by atoms with E-state index in [0.29, 0.717) is 0 Å². The van der Waals surface area contributed by atoms with Gasteiger partial charge >= 0.3 is 0 Å². The zero-order valence-corrected chi connectivity index (χ0v) is 11.6. The maximum atomic E-state index is 13.3. The number of nitrogens with zero attached hydrogens (tertiary/aromatic N) is 1. The highest BCUT2D eigenvalue weighted by molar-refractivity contribution is 7.89. The van der Waals surface area contributed by atoms with E-state index in [0.717, 1.165) is 17.2 Å². The number of benzene rings is 1. The van der Waals surface area contributed by atoms with Crippen molar-refractivity contribution in [2.24, 2.45) is 0 Å². The molecule has 0 saturated carbocycles. The van der Waals surface area contributed by atoms with Gasteiger partial charge in [0.25, 0.3) is 0 Å². The first kappa shape index (κ1) is 14.4. The van der Waals surface area contributed by atoms with Crippen LogP contribution in [-0.4, -0.2) is 13.4 Å². The van der Waals surface area contributed by atoms with Gasteiger partial charge in [-0.15, -0.1) is 0 Å².